The third-order valence-electron chi connectivity index (χ3n) is 6.66. The summed E-state index contributed by atoms with van der Waals surface area (Å²) in [5.41, 5.74) is 3.09. The van der Waals surface area contributed by atoms with Crippen molar-refractivity contribution < 1.29 is 24.2 Å². The van der Waals surface area contributed by atoms with Gasteiger partial charge in [0.2, 0.25) is 5.91 Å². The van der Waals surface area contributed by atoms with Gasteiger partial charge >= 0.3 is 0 Å². The first-order chi connectivity index (χ1) is 15.0. The average molecular weight is 423 g/mol. The Hall–Kier alpha value is -3.02. The van der Waals surface area contributed by atoms with Crippen LogP contribution >= 0.6 is 0 Å². The summed E-state index contributed by atoms with van der Waals surface area (Å²) in [5.74, 6) is -1.18. The summed E-state index contributed by atoms with van der Waals surface area (Å²) in [6.07, 6.45) is 3.46. The maximum Gasteiger partial charge on any atom is 0.227 e. The average Bonchev–Trinajstić information content (AvgIpc) is 2.82. The number of rotatable bonds is 5. The molecule has 0 N–H and O–H groups in total. The number of fused-ring (bicyclic) bond motifs is 1. The molecule has 0 aromatic heterocycles. The van der Waals surface area contributed by atoms with Gasteiger partial charge in [0.25, 0.3) is 0 Å². The van der Waals surface area contributed by atoms with Crippen LogP contribution in [0, 0.1) is 11.8 Å². The van der Waals surface area contributed by atoms with Crippen LogP contribution < -0.4 is 14.6 Å². The number of aliphatic carboxylic acids is 1. The number of methoxy groups -OCH3 is 2. The molecule has 1 fully saturated rings. The number of ether oxygens (including phenoxy) is 2. The maximum atomic E-state index is 13.7. The summed E-state index contributed by atoms with van der Waals surface area (Å²) >= 11 is 0. The van der Waals surface area contributed by atoms with Crippen LogP contribution in [0.25, 0.3) is 0 Å². The second-order valence-electron chi connectivity index (χ2n) is 8.32. The van der Waals surface area contributed by atoms with Gasteiger partial charge in [0.05, 0.1) is 20.3 Å². The molecule has 2 aliphatic rings. The molecule has 1 amide bonds. The first-order valence-corrected chi connectivity index (χ1v) is 10.9. The Bertz CT molecular complexity index is 958. The number of nitrogens with zero attached hydrogens (tertiary/aromatic N) is 1. The number of carbonyl (C=O) groups excluding carboxylic acids is 2. The topological polar surface area (TPSA) is 78.9 Å². The quantitative estimate of drug-likeness (QED) is 0.740. The van der Waals surface area contributed by atoms with Crippen LogP contribution in [-0.4, -0.2) is 37.5 Å². The van der Waals surface area contributed by atoms with Crippen LogP contribution in [0.2, 0.25) is 0 Å². The predicted molar refractivity (Wildman–Crippen MR) is 114 cm³/mol. The molecule has 164 valence electrons. The number of carboxylic acid groups (broad SMARTS) is 1. The van der Waals surface area contributed by atoms with E-state index in [1.807, 2.05) is 47.4 Å². The first-order valence-electron chi connectivity index (χ1n) is 10.9. The lowest BCUT2D eigenvalue weighted by atomic mass is 9.77. The van der Waals surface area contributed by atoms with E-state index in [0.29, 0.717) is 37.3 Å². The Morgan fingerprint density at radius 2 is 1.61 bits per heavy atom. The fourth-order valence-electron chi connectivity index (χ4n) is 5.10. The van der Waals surface area contributed by atoms with Crippen molar-refractivity contribution in [3.05, 3.63) is 59.2 Å². The van der Waals surface area contributed by atoms with E-state index in [2.05, 4.69) is 0 Å². The lowest BCUT2D eigenvalue weighted by molar-refractivity contribution is -0.314. The zero-order valence-electron chi connectivity index (χ0n) is 18.0. The van der Waals surface area contributed by atoms with Crippen LogP contribution in [0.4, 0.5) is 0 Å². The minimum absolute atomic E-state index is 0.0943. The zero-order chi connectivity index (χ0) is 22.0. The normalized spacial score (nSPS) is 23.0. The summed E-state index contributed by atoms with van der Waals surface area (Å²) < 4.78 is 11.0. The SMILES string of the molecule is COc1cc2c(cc1OC)[C@H](c1ccccc1)N(C(=O)[C@H]1CCCC[C@H]1C(=O)[O-])CC2. The van der Waals surface area contributed by atoms with Gasteiger partial charge in [0.1, 0.15) is 0 Å². The predicted octanol–water partition coefficient (Wildman–Crippen LogP) is 2.73. The fraction of sp³-hybridized carbons (Fsp3) is 0.440. The fourth-order valence-corrected chi connectivity index (χ4v) is 5.10. The lowest BCUT2D eigenvalue weighted by Gasteiger charge is -2.42. The van der Waals surface area contributed by atoms with Gasteiger partial charge in [-0.25, -0.2) is 0 Å². The van der Waals surface area contributed by atoms with Crippen molar-refractivity contribution in [2.24, 2.45) is 11.8 Å². The van der Waals surface area contributed by atoms with Crippen molar-refractivity contribution in [3.63, 3.8) is 0 Å². The molecule has 1 aliphatic heterocycles. The van der Waals surface area contributed by atoms with Crippen LogP contribution in [0.3, 0.4) is 0 Å². The van der Waals surface area contributed by atoms with Crippen LogP contribution in [0.15, 0.2) is 42.5 Å². The largest absolute Gasteiger partial charge is 0.550 e. The van der Waals surface area contributed by atoms with Crippen LogP contribution in [0.5, 0.6) is 11.5 Å². The monoisotopic (exact) mass is 422 g/mol. The maximum absolute atomic E-state index is 13.7. The van der Waals surface area contributed by atoms with E-state index in [1.165, 1.54) is 0 Å². The van der Waals surface area contributed by atoms with Gasteiger partial charge in [-0.15, -0.1) is 0 Å². The second-order valence-corrected chi connectivity index (χ2v) is 8.32. The van der Waals surface area contributed by atoms with Crippen molar-refractivity contribution >= 4 is 11.9 Å². The molecule has 4 rings (SSSR count). The van der Waals surface area contributed by atoms with E-state index in [4.69, 9.17) is 9.47 Å². The van der Waals surface area contributed by atoms with Gasteiger partial charge < -0.3 is 24.3 Å². The van der Waals surface area contributed by atoms with Gasteiger partial charge in [-0.3, -0.25) is 4.79 Å². The molecule has 6 nitrogen and oxygen atoms in total. The summed E-state index contributed by atoms with van der Waals surface area (Å²) in [6, 6.07) is 13.5. The minimum atomic E-state index is -1.11. The van der Waals surface area contributed by atoms with Crippen molar-refractivity contribution in [2.45, 2.75) is 38.1 Å². The van der Waals surface area contributed by atoms with E-state index in [-0.39, 0.29) is 11.9 Å². The molecule has 2 aromatic carbocycles. The smallest absolute Gasteiger partial charge is 0.227 e. The molecule has 0 bridgehead atoms. The van der Waals surface area contributed by atoms with Crippen LogP contribution in [0.1, 0.15) is 48.4 Å². The van der Waals surface area contributed by atoms with Crippen LogP contribution in [-0.2, 0) is 16.0 Å². The van der Waals surface area contributed by atoms with Gasteiger partial charge in [-0.05, 0) is 48.1 Å². The van der Waals surface area contributed by atoms with E-state index < -0.39 is 17.8 Å². The highest BCUT2D eigenvalue weighted by Crippen LogP contribution is 2.43. The molecule has 1 saturated carbocycles. The molecule has 0 saturated heterocycles. The number of hydrogen-bond acceptors (Lipinski definition) is 5. The number of benzene rings is 2. The van der Waals surface area contributed by atoms with Crippen molar-refractivity contribution in [1.29, 1.82) is 0 Å². The molecule has 3 atom stereocenters. The second kappa shape index (κ2) is 9.00. The third kappa shape index (κ3) is 3.99. The zero-order valence-corrected chi connectivity index (χ0v) is 18.0. The van der Waals surface area contributed by atoms with E-state index >= 15 is 0 Å². The van der Waals surface area contributed by atoms with Crippen molar-refractivity contribution in [1.82, 2.24) is 4.90 Å². The first kappa shape index (κ1) is 21.2. The Labute approximate surface area is 182 Å². The van der Waals surface area contributed by atoms with Gasteiger partial charge in [-0.1, -0.05) is 43.2 Å². The van der Waals surface area contributed by atoms with E-state index in [0.717, 1.165) is 29.5 Å². The minimum Gasteiger partial charge on any atom is -0.550 e. The molecule has 6 heteroatoms. The number of amides is 1. The van der Waals surface area contributed by atoms with Crippen molar-refractivity contribution in [3.8, 4) is 11.5 Å². The highest BCUT2D eigenvalue weighted by molar-refractivity contribution is 5.85. The van der Waals surface area contributed by atoms with E-state index in [9.17, 15) is 14.7 Å². The lowest BCUT2D eigenvalue weighted by Crippen LogP contribution is -2.49. The van der Waals surface area contributed by atoms with Gasteiger partial charge in [-0.2, -0.15) is 0 Å². The van der Waals surface area contributed by atoms with Gasteiger partial charge in [0, 0.05) is 24.3 Å². The summed E-state index contributed by atoms with van der Waals surface area (Å²) in [5, 5.41) is 11.7. The molecule has 0 unspecified atom stereocenters. The Balaban J connectivity index is 1.78. The molecule has 0 spiro atoms. The Morgan fingerprint density at radius 1 is 0.968 bits per heavy atom. The molecule has 1 heterocycles. The number of hydrogen-bond donors (Lipinski definition) is 0. The Morgan fingerprint density at radius 3 is 2.26 bits per heavy atom. The summed E-state index contributed by atoms with van der Waals surface area (Å²) in [6.45, 7) is 0.525. The third-order valence-corrected chi connectivity index (χ3v) is 6.66. The molecular formula is C25H28NO5-. The summed E-state index contributed by atoms with van der Waals surface area (Å²) in [4.78, 5) is 27.3. The highest BCUT2D eigenvalue weighted by atomic mass is 16.5. The molecule has 0 radical (unpaired) electrons. The van der Waals surface area contributed by atoms with E-state index in [1.54, 1.807) is 14.2 Å². The van der Waals surface area contributed by atoms with Gasteiger partial charge in [0.15, 0.2) is 11.5 Å². The molecule has 1 aliphatic carbocycles. The molecular weight excluding hydrogens is 394 g/mol. The standard InChI is InChI=1S/C25H29NO5/c1-30-21-14-17-12-13-26(24(27)18-10-6-7-11-19(18)25(28)29)23(16-8-4-3-5-9-16)20(17)15-22(21)31-2/h3-5,8-9,14-15,18-19,23H,6-7,10-13H2,1-2H3,(H,28,29)/p-1/t18-,19+,23-/m0/s1. The number of carbonyl (C=O) groups is 2. The Kier molecular flexibility index (Phi) is 6.16. The summed E-state index contributed by atoms with van der Waals surface area (Å²) in [7, 11) is 3.21. The highest BCUT2D eigenvalue weighted by Gasteiger charge is 2.40. The molecule has 2 aromatic rings. The number of carboxylic acids is 1. The molecule has 31 heavy (non-hydrogen) atoms. The van der Waals surface area contributed by atoms with Crippen molar-refractivity contribution in [2.75, 3.05) is 20.8 Å².